The van der Waals surface area contributed by atoms with Crippen LogP contribution in [0.1, 0.15) is 36.8 Å². The molecule has 27 heavy (non-hydrogen) atoms. The molecule has 0 radical (unpaired) electrons. The van der Waals surface area contributed by atoms with Crippen LogP contribution in [-0.4, -0.2) is 26.7 Å². The summed E-state index contributed by atoms with van der Waals surface area (Å²) in [4.78, 5) is 4.48. The first-order valence-electron chi connectivity index (χ1n) is 9.56. The van der Waals surface area contributed by atoms with Crippen molar-refractivity contribution in [2.75, 3.05) is 10.6 Å². The number of nitrogens with two attached hydrogens (primary N) is 2. The first-order valence-corrected chi connectivity index (χ1v) is 9.56. The Morgan fingerprint density at radius 3 is 2.59 bits per heavy atom. The Hall–Kier alpha value is -2.64. The smallest absolute Gasteiger partial charge is 0.177 e. The van der Waals surface area contributed by atoms with Gasteiger partial charge in [-0.25, -0.2) is 9.50 Å². The van der Waals surface area contributed by atoms with Crippen LogP contribution in [0.5, 0.6) is 0 Å². The van der Waals surface area contributed by atoms with Crippen molar-refractivity contribution in [3.63, 3.8) is 0 Å². The first-order chi connectivity index (χ1) is 13.1. The summed E-state index contributed by atoms with van der Waals surface area (Å²) in [5.41, 5.74) is 16.7. The fourth-order valence-corrected chi connectivity index (χ4v) is 3.64. The fourth-order valence-electron chi connectivity index (χ4n) is 3.64. The van der Waals surface area contributed by atoms with Crippen LogP contribution in [0, 0.1) is 6.92 Å². The van der Waals surface area contributed by atoms with E-state index >= 15 is 0 Å². The Morgan fingerprint density at radius 2 is 1.89 bits per heavy atom. The van der Waals surface area contributed by atoms with Crippen LogP contribution >= 0.6 is 0 Å². The average Bonchev–Trinajstić information content (AvgIpc) is 3.15. The molecule has 3 aromatic rings. The first kappa shape index (κ1) is 17.8. The molecule has 7 heteroatoms. The van der Waals surface area contributed by atoms with Crippen molar-refractivity contribution in [3.05, 3.63) is 47.8 Å². The molecule has 4 rings (SSSR count). The van der Waals surface area contributed by atoms with E-state index in [4.69, 9.17) is 16.6 Å². The summed E-state index contributed by atoms with van der Waals surface area (Å²) in [6.07, 6.45) is 7.92. The molecule has 2 aromatic heterocycles. The van der Waals surface area contributed by atoms with Gasteiger partial charge in [0.2, 0.25) is 0 Å². The molecule has 0 saturated heterocycles. The fraction of sp³-hybridized carbons (Fsp3) is 0.400. The van der Waals surface area contributed by atoms with Gasteiger partial charge in [-0.2, -0.15) is 0 Å². The third kappa shape index (κ3) is 3.74. The average molecular weight is 365 g/mol. The number of benzene rings is 1. The number of anilines is 3. The van der Waals surface area contributed by atoms with Gasteiger partial charge in [0.1, 0.15) is 0 Å². The molecule has 142 valence electrons. The minimum absolute atomic E-state index is 0.335. The molecule has 0 aliphatic heterocycles. The Balaban J connectivity index is 1.64. The number of imidazole rings is 1. The maximum atomic E-state index is 6.04. The van der Waals surface area contributed by atoms with Gasteiger partial charge in [0.25, 0.3) is 0 Å². The third-order valence-electron chi connectivity index (χ3n) is 5.35. The maximum absolute atomic E-state index is 6.04. The molecular weight excluding hydrogens is 338 g/mol. The SMILES string of the molecule is Cc1c(NC2CCC(N)CC2)nn2ccnc2c1Nc1ccc(CN)cc1. The van der Waals surface area contributed by atoms with E-state index in [2.05, 4.69) is 22.5 Å². The van der Waals surface area contributed by atoms with Crippen molar-refractivity contribution in [1.82, 2.24) is 14.6 Å². The quantitative estimate of drug-likeness (QED) is 0.554. The summed E-state index contributed by atoms with van der Waals surface area (Å²) in [6, 6.07) is 8.89. The second kappa shape index (κ2) is 7.54. The number of nitrogens with one attached hydrogen (secondary N) is 2. The van der Waals surface area contributed by atoms with Gasteiger partial charge in [0.15, 0.2) is 11.5 Å². The molecule has 2 heterocycles. The normalized spacial score (nSPS) is 20.0. The summed E-state index contributed by atoms with van der Waals surface area (Å²) in [7, 11) is 0. The van der Waals surface area contributed by atoms with Gasteiger partial charge < -0.3 is 22.1 Å². The molecule has 1 aliphatic carbocycles. The number of hydrogen-bond acceptors (Lipinski definition) is 6. The summed E-state index contributed by atoms with van der Waals surface area (Å²) in [5.74, 6) is 0.891. The molecule has 7 nitrogen and oxygen atoms in total. The second-order valence-corrected chi connectivity index (χ2v) is 7.33. The monoisotopic (exact) mass is 365 g/mol. The van der Waals surface area contributed by atoms with Crippen LogP contribution < -0.4 is 22.1 Å². The van der Waals surface area contributed by atoms with E-state index in [1.165, 1.54) is 0 Å². The van der Waals surface area contributed by atoms with Crippen molar-refractivity contribution >= 4 is 22.8 Å². The summed E-state index contributed by atoms with van der Waals surface area (Å²) in [5, 5.41) is 11.9. The lowest BCUT2D eigenvalue weighted by Gasteiger charge is -2.28. The lowest BCUT2D eigenvalue weighted by Crippen LogP contribution is -2.33. The molecule has 6 N–H and O–H groups in total. The third-order valence-corrected chi connectivity index (χ3v) is 5.35. The molecule has 0 bridgehead atoms. The van der Waals surface area contributed by atoms with Crippen LogP contribution in [0.3, 0.4) is 0 Å². The van der Waals surface area contributed by atoms with E-state index in [1.54, 1.807) is 6.20 Å². The topological polar surface area (TPSA) is 106 Å². The lowest BCUT2D eigenvalue weighted by molar-refractivity contribution is 0.410. The van der Waals surface area contributed by atoms with Gasteiger partial charge in [-0.1, -0.05) is 12.1 Å². The minimum atomic E-state index is 0.335. The zero-order valence-electron chi connectivity index (χ0n) is 15.7. The highest BCUT2D eigenvalue weighted by molar-refractivity contribution is 5.80. The molecule has 0 amide bonds. The number of hydrogen-bond donors (Lipinski definition) is 4. The Bertz CT molecular complexity index is 908. The molecule has 1 saturated carbocycles. The van der Waals surface area contributed by atoms with E-state index in [9.17, 15) is 0 Å². The number of fused-ring (bicyclic) bond motifs is 1. The summed E-state index contributed by atoms with van der Waals surface area (Å²) in [6.45, 7) is 2.62. The van der Waals surface area contributed by atoms with Gasteiger partial charge in [-0.15, -0.1) is 5.10 Å². The van der Waals surface area contributed by atoms with E-state index in [0.717, 1.165) is 59.7 Å². The summed E-state index contributed by atoms with van der Waals surface area (Å²) >= 11 is 0. The van der Waals surface area contributed by atoms with E-state index in [-0.39, 0.29) is 0 Å². The van der Waals surface area contributed by atoms with Crippen LogP contribution in [-0.2, 0) is 6.54 Å². The molecule has 1 aromatic carbocycles. The highest BCUT2D eigenvalue weighted by Crippen LogP contribution is 2.30. The minimum Gasteiger partial charge on any atom is -0.366 e. The lowest BCUT2D eigenvalue weighted by atomic mass is 9.92. The van der Waals surface area contributed by atoms with Crippen molar-refractivity contribution < 1.29 is 0 Å². The largest absolute Gasteiger partial charge is 0.366 e. The predicted octanol–water partition coefficient (Wildman–Crippen LogP) is 2.92. The molecule has 0 spiro atoms. The Morgan fingerprint density at radius 1 is 1.15 bits per heavy atom. The van der Waals surface area contributed by atoms with Gasteiger partial charge in [-0.3, -0.25) is 0 Å². The Kier molecular flexibility index (Phi) is 4.96. The standard InChI is InChI=1S/C20H27N7/c1-13-18(24-16-6-2-14(12-21)3-7-16)20-23-10-11-27(20)26-19(13)25-17-8-4-15(22)5-9-17/h2-3,6-7,10-11,15,17,24H,4-5,8-9,12,21-22H2,1H3,(H,25,26). The van der Waals surface area contributed by atoms with Crippen LogP contribution in [0.25, 0.3) is 5.65 Å². The van der Waals surface area contributed by atoms with Gasteiger partial charge in [0, 0.05) is 42.3 Å². The zero-order valence-corrected chi connectivity index (χ0v) is 15.7. The molecule has 1 fully saturated rings. The van der Waals surface area contributed by atoms with E-state index in [0.29, 0.717) is 18.6 Å². The van der Waals surface area contributed by atoms with E-state index < -0.39 is 0 Å². The van der Waals surface area contributed by atoms with E-state index in [1.807, 2.05) is 35.0 Å². The van der Waals surface area contributed by atoms with Crippen molar-refractivity contribution in [3.8, 4) is 0 Å². The molecule has 0 atom stereocenters. The summed E-state index contributed by atoms with van der Waals surface area (Å²) < 4.78 is 1.82. The maximum Gasteiger partial charge on any atom is 0.177 e. The van der Waals surface area contributed by atoms with Gasteiger partial charge in [-0.05, 0) is 50.3 Å². The molecule has 1 aliphatic rings. The van der Waals surface area contributed by atoms with Crippen molar-refractivity contribution in [2.45, 2.75) is 51.2 Å². The number of aromatic nitrogens is 3. The highest BCUT2D eigenvalue weighted by atomic mass is 15.3. The second-order valence-electron chi connectivity index (χ2n) is 7.33. The Labute approximate surface area is 159 Å². The molecular formula is C20H27N7. The van der Waals surface area contributed by atoms with Gasteiger partial charge >= 0.3 is 0 Å². The van der Waals surface area contributed by atoms with Crippen molar-refractivity contribution in [1.29, 1.82) is 0 Å². The van der Waals surface area contributed by atoms with Crippen LogP contribution in [0.2, 0.25) is 0 Å². The van der Waals surface area contributed by atoms with Gasteiger partial charge in [0.05, 0.1) is 5.69 Å². The van der Waals surface area contributed by atoms with Crippen LogP contribution in [0.15, 0.2) is 36.7 Å². The van der Waals surface area contributed by atoms with Crippen molar-refractivity contribution in [2.24, 2.45) is 11.5 Å². The zero-order chi connectivity index (χ0) is 18.8. The highest BCUT2D eigenvalue weighted by Gasteiger charge is 2.21. The number of nitrogens with zero attached hydrogens (tertiary/aromatic N) is 3. The van der Waals surface area contributed by atoms with Crippen LogP contribution in [0.4, 0.5) is 17.2 Å². The predicted molar refractivity (Wildman–Crippen MR) is 109 cm³/mol. The number of rotatable bonds is 5. The molecule has 0 unspecified atom stereocenters.